The van der Waals surface area contributed by atoms with Gasteiger partial charge in [-0.2, -0.15) is 0 Å². The number of ether oxygens (including phenoxy) is 4. The molecule has 0 fully saturated rings. The van der Waals surface area contributed by atoms with Crippen LogP contribution in [0.25, 0.3) is 21.9 Å². The standard InChI is InChI=1S/C22H24O5.C22H22O5/c2*1-22(2,3)16-7-10-19-15(11-16)12-20(27-19)18(23)13-26-17-8-5-14(6-9-17)21(24)25-4/h5-12,18,23H,13H2,1-4H3;5-12H,13H2,1-4H3. The molecule has 0 saturated carbocycles. The molecule has 0 saturated heterocycles. The lowest BCUT2D eigenvalue weighted by Crippen LogP contribution is -2.11. The summed E-state index contributed by atoms with van der Waals surface area (Å²) in [6.45, 7) is 12.8. The number of hydrogen-bond donors (Lipinski definition) is 1. The molecule has 0 amide bonds. The van der Waals surface area contributed by atoms with Crippen LogP contribution in [0.4, 0.5) is 0 Å². The van der Waals surface area contributed by atoms with E-state index in [1.165, 1.54) is 25.3 Å². The first-order chi connectivity index (χ1) is 25.5. The highest BCUT2D eigenvalue weighted by Crippen LogP contribution is 2.31. The molecule has 2 heterocycles. The van der Waals surface area contributed by atoms with Gasteiger partial charge >= 0.3 is 11.9 Å². The molecule has 6 aromatic rings. The second-order valence-corrected chi connectivity index (χ2v) is 14.8. The Morgan fingerprint density at radius 1 is 0.611 bits per heavy atom. The van der Waals surface area contributed by atoms with Crippen LogP contribution in [0.2, 0.25) is 0 Å². The smallest absolute Gasteiger partial charge is 0.337 e. The monoisotopic (exact) mass is 734 g/mol. The normalized spacial score (nSPS) is 12.1. The summed E-state index contributed by atoms with van der Waals surface area (Å²) in [5, 5.41) is 12.3. The molecular weight excluding hydrogens is 688 g/mol. The van der Waals surface area contributed by atoms with Crippen molar-refractivity contribution in [3.05, 3.63) is 131 Å². The number of carbonyl (C=O) groups is 3. The fraction of sp³-hybridized carbons (Fsp3) is 0.295. The summed E-state index contributed by atoms with van der Waals surface area (Å²) < 4.78 is 31.8. The van der Waals surface area contributed by atoms with Gasteiger partial charge in [0.05, 0.1) is 25.3 Å². The SMILES string of the molecule is COC(=O)c1ccc(OCC(=O)c2cc3cc(C(C)(C)C)ccc3o2)cc1.COC(=O)c1ccc(OCC(O)c2cc3cc(C(C)(C)C)ccc3o2)cc1. The number of rotatable bonds is 10. The van der Waals surface area contributed by atoms with Gasteiger partial charge in [0.2, 0.25) is 5.78 Å². The van der Waals surface area contributed by atoms with Crippen molar-refractivity contribution >= 4 is 39.7 Å². The molecule has 0 aliphatic carbocycles. The topological polar surface area (TPSA) is 135 Å². The maximum absolute atomic E-state index is 12.4. The lowest BCUT2D eigenvalue weighted by atomic mass is 9.86. The molecule has 1 N–H and O–H groups in total. The summed E-state index contributed by atoms with van der Waals surface area (Å²) in [6, 6.07) is 28.5. The minimum absolute atomic E-state index is 0.0229. The van der Waals surface area contributed by atoms with E-state index in [1.54, 1.807) is 54.6 Å². The number of ketones is 1. The van der Waals surface area contributed by atoms with Gasteiger partial charge in [-0.05, 0) is 107 Å². The summed E-state index contributed by atoms with van der Waals surface area (Å²) in [6.07, 6.45) is -0.893. The van der Waals surface area contributed by atoms with E-state index in [4.69, 9.17) is 18.3 Å². The Labute approximate surface area is 314 Å². The summed E-state index contributed by atoms with van der Waals surface area (Å²) >= 11 is 0. The van der Waals surface area contributed by atoms with Gasteiger partial charge in [-0.1, -0.05) is 53.7 Å². The first-order valence-electron chi connectivity index (χ1n) is 17.5. The van der Waals surface area contributed by atoms with E-state index in [0.717, 1.165) is 16.4 Å². The van der Waals surface area contributed by atoms with Crippen LogP contribution in [0.5, 0.6) is 11.5 Å². The molecule has 10 nitrogen and oxygen atoms in total. The highest BCUT2D eigenvalue weighted by molar-refractivity contribution is 5.98. The van der Waals surface area contributed by atoms with E-state index in [-0.39, 0.29) is 35.6 Å². The largest absolute Gasteiger partial charge is 0.490 e. The number of esters is 2. The first kappa shape index (κ1) is 39.3. The summed E-state index contributed by atoms with van der Waals surface area (Å²) in [7, 11) is 2.66. The van der Waals surface area contributed by atoms with Gasteiger partial charge in [-0.15, -0.1) is 0 Å². The highest BCUT2D eigenvalue weighted by atomic mass is 16.5. The summed E-state index contributed by atoms with van der Waals surface area (Å²) in [5.74, 6) is 0.688. The number of methoxy groups -OCH3 is 2. The zero-order chi connectivity index (χ0) is 39.2. The molecule has 0 radical (unpaired) electrons. The van der Waals surface area contributed by atoms with Gasteiger partial charge < -0.3 is 32.9 Å². The second kappa shape index (κ2) is 16.4. The third kappa shape index (κ3) is 9.76. The molecule has 0 bridgehead atoms. The third-order valence-corrected chi connectivity index (χ3v) is 8.72. The maximum atomic E-state index is 12.4. The van der Waals surface area contributed by atoms with E-state index in [0.29, 0.717) is 34.0 Å². The fourth-order valence-corrected chi connectivity index (χ4v) is 5.43. The zero-order valence-electron chi connectivity index (χ0n) is 31.9. The van der Waals surface area contributed by atoms with Gasteiger partial charge in [0, 0.05) is 10.8 Å². The average molecular weight is 735 g/mol. The van der Waals surface area contributed by atoms with Crippen molar-refractivity contribution in [1.29, 1.82) is 0 Å². The average Bonchev–Trinajstić information content (AvgIpc) is 3.80. The maximum Gasteiger partial charge on any atom is 0.337 e. The van der Waals surface area contributed by atoms with Crippen LogP contribution < -0.4 is 9.47 Å². The predicted octanol–water partition coefficient (Wildman–Crippen LogP) is 9.41. The van der Waals surface area contributed by atoms with Crippen molar-refractivity contribution in [2.24, 2.45) is 0 Å². The van der Waals surface area contributed by atoms with Crippen LogP contribution in [0.1, 0.15) is 95.8 Å². The first-order valence-corrected chi connectivity index (χ1v) is 17.5. The number of Topliss-reactive ketones (excluding diaryl/α,β-unsaturated/α-hetero) is 1. The lowest BCUT2D eigenvalue weighted by Gasteiger charge is -2.18. The van der Waals surface area contributed by atoms with Gasteiger partial charge in [0.1, 0.15) is 41.1 Å². The Hall–Kier alpha value is -5.87. The predicted molar refractivity (Wildman–Crippen MR) is 206 cm³/mol. The Balaban J connectivity index is 0.000000208. The van der Waals surface area contributed by atoms with Crippen molar-refractivity contribution in [3.8, 4) is 11.5 Å². The van der Waals surface area contributed by atoms with Crippen LogP contribution in [0.3, 0.4) is 0 Å². The van der Waals surface area contributed by atoms with Crippen molar-refractivity contribution in [1.82, 2.24) is 0 Å². The van der Waals surface area contributed by atoms with E-state index < -0.39 is 18.0 Å². The quantitative estimate of drug-likeness (QED) is 0.107. The molecule has 54 heavy (non-hydrogen) atoms. The number of furan rings is 2. The van der Waals surface area contributed by atoms with Gasteiger partial charge in [0.25, 0.3) is 0 Å². The van der Waals surface area contributed by atoms with Crippen LogP contribution in [0, 0.1) is 0 Å². The van der Waals surface area contributed by atoms with Crippen molar-refractivity contribution < 1.29 is 47.3 Å². The van der Waals surface area contributed by atoms with Gasteiger partial charge in [0.15, 0.2) is 12.4 Å². The van der Waals surface area contributed by atoms with Crippen LogP contribution in [-0.2, 0) is 20.3 Å². The molecule has 10 heteroatoms. The molecular formula is C44H46O10. The molecule has 2 aromatic heterocycles. The zero-order valence-corrected chi connectivity index (χ0v) is 31.9. The molecule has 282 valence electrons. The molecule has 6 rings (SSSR count). The Morgan fingerprint density at radius 3 is 1.56 bits per heavy atom. The van der Waals surface area contributed by atoms with E-state index in [9.17, 15) is 19.5 Å². The molecule has 0 aliphatic rings. The highest BCUT2D eigenvalue weighted by Gasteiger charge is 2.20. The van der Waals surface area contributed by atoms with Crippen molar-refractivity contribution in [2.45, 2.75) is 58.5 Å². The van der Waals surface area contributed by atoms with Gasteiger partial charge in [-0.3, -0.25) is 4.79 Å². The molecule has 1 atom stereocenters. The number of fused-ring (bicyclic) bond motifs is 2. The Morgan fingerprint density at radius 2 is 1.07 bits per heavy atom. The minimum atomic E-state index is -0.893. The molecule has 4 aromatic carbocycles. The second-order valence-electron chi connectivity index (χ2n) is 14.8. The van der Waals surface area contributed by atoms with E-state index in [1.807, 2.05) is 36.4 Å². The Kier molecular flexibility index (Phi) is 12.0. The fourth-order valence-electron chi connectivity index (χ4n) is 5.43. The Bertz CT molecular complexity index is 2230. The third-order valence-electron chi connectivity index (χ3n) is 8.72. The number of aliphatic hydroxyl groups excluding tert-OH is 1. The number of carbonyl (C=O) groups excluding carboxylic acids is 3. The van der Waals surface area contributed by atoms with Crippen LogP contribution in [0.15, 0.2) is 106 Å². The van der Waals surface area contributed by atoms with Gasteiger partial charge in [-0.25, -0.2) is 9.59 Å². The minimum Gasteiger partial charge on any atom is -0.490 e. The van der Waals surface area contributed by atoms with Crippen LogP contribution >= 0.6 is 0 Å². The number of benzene rings is 4. The summed E-state index contributed by atoms with van der Waals surface area (Å²) in [4.78, 5) is 35.2. The molecule has 1 unspecified atom stereocenters. The van der Waals surface area contributed by atoms with Crippen LogP contribution in [-0.4, -0.2) is 50.3 Å². The molecule has 0 spiro atoms. The van der Waals surface area contributed by atoms with Crippen molar-refractivity contribution in [3.63, 3.8) is 0 Å². The molecule has 0 aliphatic heterocycles. The van der Waals surface area contributed by atoms with E-state index >= 15 is 0 Å². The van der Waals surface area contributed by atoms with Crippen molar-refractivity contribution in [2.75, 3.05) is 27.4 Å². The summed E-state index contributed by atoms with van der Waals surface area (Å²) in [5.41, 5.74) is 4.72. The number of hydrogen-bond acceptors (Lipinski definition) is 10. The lowest BCUT2D eigenvalue weighted by molar-refractivity contribution is 0.0591. The van der Waals surface area contributed by atoms with E-state index in [2.05, 4.69) is 57.1 Å². The number of aliphatic hydroxyl groups is 1.